The Morgan fingerprint density at radius 1 is 1.57 bits per heavy atom. The molecule has 0 aromatic carbocycles. The quantitative estimate of drug-likeness (QED) is 0.730. The van der Waals surface area contributed by atoms with Crippen LogP contribution in [0.5, 0.6) is 0 Å². The van der Waals surface area contributed by atoms with E-state index in [0.29, 0.717) is 0 Å². The molecule has 0 fully saturated rings. The Bertz CT molecular complexity index is 337. The summed E-state index contributed by atoms with van der Waals surface area (Å²) in [7, 11) is 0. The molecule has 1 rings (SSSR count). The maximum atomic E-state index is 13.2. The van der Waals surface area contributed by atoms with Crippen LogP contribution in [0.3, 0.4) is 0 Å². The highest BCUT2D eigenvalue weighted by molar-refractivity contribution is 6.28. The van der Waals surface area contributed by atoms with Gasteiger partial charge in [0.25, 0.3) is 0 Å². The maximum absolute atomic E-state index is 13.2. The van der Waals surface area contributed by atoms with Gasteiger partial charge in [0.15, 0.2) is 0 Å². The van der Waals surface area contributed by atoms with Crippen molar-refractivity contribution in [2.24, 2.45) is 0 Å². The fourth-order valence-corrected chi connectivity index (χ4v) is 1.05. The predicted molar refractivity (Wildman–Crippen MR) is 48.6 cm³/mol. The summed E-state index contributed by atoms with van der Waals surface area (Å²) >= 11 is 5.06. The largest absolute Gasteiger partial charge is 0.348 e. The lowest BCUT2D eigenvalue weighted by molar-refractivity contribution is -0.142. The van der Waals surface area contributed by atoms with Crippen molar-refractivity contribution >= 4 is 17.4 Å². The number of hydrogen-bond acceptors (Lipinski definition) is 2. The first-order valence-corrected chi connectivity index (χ1v) is 4.42. The molecule has 5 heteroatoms. The molecule has 0 saturated heterocycles. The summed E-state index contributed by atoms with van der Waals surface area (Å²) in [4.78, 5) is 14.3. The third-order valence-corrected chi connectivity index (χ3v) is 1.95. The van der Waals surface area contributed by atoms with Crippen LogP contribution in [0, 0.1) is 6.92 Å². The van der Waals surface area contributed by atoms with E-state index in [2.05, 4.69) is 4.98 Å². The number of nitrogens with zero attached hydrogens (tertiary/aromatic N) is 1. The second kappa shape index (κ2) is 4.00. The van der Waals surface area contributed by atoms with E-state index in [1.54, 1.807) is 6.92 Å². The number of alkyl halides is 3. The number of carbonyl (C=O) groups excluding carboxylic acids is 1. The minimum atomic E-state index is -3.59. The number of hydrogen-bond donors (Lipinski definition) is 0. The summed E-state index contributed by atoms with van der Waals surface area (Å²) in [6.45, 7) is 1.72. The first-order valence-electron chi connectivity index (χ1n) is 3.88. The number of ketones is 1. The van der Waals surface area contributed by atoms with E-state index in [1.165, 1.54) is 12.3 Å². The van der Waals surface area contributed by atoms with Crippen LogP contribution in [-0.2, 0) is 10.7 Å². The molecule has 0 radical (unpaired) electrons. The molecule has 1 aromatic rings. The summed E-state index contributed by atoms with van der Waals surface area (Å²) in [5, 5.41) is 0. The van der Waals surface area contributed by atoms with E-state index >= 15 is 0 Å². The average molecular weight is 220 g/mol. The van der Waals surface area contributed by atoms with Crippen molar-refractivity contribution < 1.29 is 13.6 Å². The molecule has 0 N–H and O–H groups in total. The highest BCUT2D eigenvalue weighted by Crippen LogP contribution is 2.27. The fraction of sp³-hybridized carbons (Fsp3) is 0.333. The molecule has 0 bridgehead atoms. The fourth-order valence-electron chi connectivity index (χ4n) is 0.880. The van der Waals surface area contributed by atoms with Crippen molar-refractivity contribution in [1.29, 1.82) is 0 Å². The van der Waals surface area contributed by atoms with Gasteiger partial charge in [0, 0.05) is 6.20 Å². The number of aromatic nitrogens is 1. The molecule has 0 aliphatic carbocycles. The Morgan fingerprint density at radius 2 is 2.21 bits per heavy atom. The SMILES string of the molecule is Cc1ccc(C(F)(F)C(=O)CCl)nc1. The van der Waals surface area contributed by atoms with Crippen molar-refractivity contribution in [1.82, 2.24) is 4.98 Å². The molecule has 0 aliphatic rings. The van der Waals surface area contributed by atoms with Gasteiger partial charge in [-0.05, 0) is 18.6 Å². The van der Waals surface area contributed by atoms with Gasteiger partial charge in [0.05, 0.1) is 5.88 Å². The first-order chi connectivity index (χ1) is 6.48. The number of rotatable bonds is 3. The lowest BCUT2D eigenvalue weighted by Gasteiger charge is -2.12. The molecule has 1 aromatic heterocycles. The van der Waals surface area contributed by atoms with E-state index < -0.39 is 23.3 Å². The van der Waals surface area contributed by atoms with Crippen LogP contribution in [0.1, 0.15) is 11.3 Å². The normalized spacial score (nSPS) is 11.4. The van der Waals surface area contributed by atoms with Crippen LogP contribution in [-0.4, -0.2) is 16.6 Å². The standard InChI is InChI=1S/C9H8ClF2NO/c1-6-2-3-7(13-5-6)9(11,12)8(14)4-10/h2-3,5H,4H2,1H3. The molecule has 2 nitrogen and oxygen atoms in total. The molecule has 0 saturated carbocycles. The minimum Gasteiger partial charge on any atom is -0.291 e. The lowest BCUT2D eigenvalue weighted by Crippen LogP contribution is -2.28. The molecule has 14 heavy (non-hydrogen) atoms. The average Bonchev–Trinajstić information content (AvgIpc) is 2.17. The third kappa shape index (κ3) is 2.07. The van der Waals surface area contributed by atoms with Gasteiger partial charge in [-0.2, -0.15) is 8.78 Å². The Hall–Kier alpha value is -1.03. The topological polar surface area (TPSA) is 30.0 Å². The number of carbonyl (C=O) groups is 1. The molecule has 0 aliphatic heterocycles. The Labute approximate surface area is 84.9 Å². The monoisotopic (exact) mass is 219 g/mol. The van der Waals surface area contributed by atoms with Crippen molar-refractivity contribution in [3.05, 3.63) is 29.6 Å². The first kappa shape index (κ1) is 11.0. The van der Waals surface area contributed by atoms with Crippen molar-refractivity contribution in [2.45, 2.75) is 12.8 Å². The molecule has 0 spiro atoms. The van der Waals surface area contributed by atoms with Crippen LogP contribution >= 0.6 is 11.6 Å². The predicted octanol–water partition coefficient (Wildman–Crippen LogP) is 2.29. The molecule has 76 valence electrons. The van der Waals surface area contributed by atoms with Gasteiger partial charge in [0.1, 0.15) is 5.69 Å². The van der Waals surface area contributed by atoms with Gasteiger partial charge in [0.2, 0.25) is 5.78 Å². The van der Waals surface area contributed by atoms with E-state index in [4.69, 9.17) is 11.6 Å². The van der Waals surface area contributed by atoms with E-state index in [-0.39, 0.29) is 0 Å². The van der Waals surface area contributed by atoms with E-state index in [0.717, 1.165) is 11.6 Å². The van der Waals surface area contributed by atoms with Crippen LogP contribution in [0.4, 0.5) is 8.78 Å². The number of pyridine rings is 1. The second-order valence-corrected chi connectivity index (χ2v) is 3.12. The van der Waals surface area contributed by atoms with E-state index in [1.807, 2.05) is 0 Å². The van der Waals surface area contributed by atoms with Crippen LogP contribution in [0.15, 0.2) is 18.3 Å². The zero-order chi connectivity index (χ0) is 10.8. The maximum Gasteiger partial charge on any atom is 0.348 e. The number of Topliss-reactive ketones (excluding diaryl/α,β-unsaturated/α-hetero) is 1. The molecule has 1 heterocycles. The number of aryl methyl sites for hydroxylation is 1. The summed E-state index contributed by atoms with van der Waals surface area (Å²) in [6.07, 6.45) is 1.28. The molecule has 0 amide bonds. The highest BCUT2D eigenvalue weighted by Gasteiger charge is 2.41. The van der Waals surface area contributed by atoms with Crippen molar-refractivity contribution in [2.75, 3.05) is 5.88 Å². The Balaban J connectivity index is 3.03. The molecular formula is C9H8ClF2NO. The molecule has 0 unspecified atom stereocenters. The Kier molecular flexibility index (Phi) is 3.16. The molecular weight excluding hydrogens is 212 g/mol. The van der Waals surface area contributed by atoms with Crippen molar-refractivity contribution in [3.8, 4) is 0 Å². The summed E-state index contributed by atoms with van der Waals surface area (Å²) in [5.41, 5.74) is 0.191. The minimum absolute atomic E-state index is 0.561. The molecule has 0 atom stereocenters. The zero-order valence-electron chi connectivity index (χ0n) is 7.43. The van der Waals surface area contributed by atoms with Crippen LogP contribution < -0.4 is 0 Å². The number of halogens is 3. The highest BCUT2D eigenvalue weighted by atomic mass is 35.5. The van der Waals surface area contributed by atoms with Gasteiger partial charge >= 0.3 is 5.92 Å². The van der Waals surface area contributed by atoms with Crippen molar-refractivity contribution in [3.63, 3.8) is 0 Å². The zero-order valence-corrected chi connectivity index (χ0v) is 8.18. The van der Waals surface area contributed by atoms with Gasteiger partial charge in [-0.3, -0.25) is 9.78 Å². The van der Waals surface area contributed by atoms with Crippen LogP contribution in [0.25, 0.3) is 0 Å². The summed E-state index contributed by atoms with van der Waals surface area (Å²) < 4.78 is 26.4. The van der Waals surface area contributed by atoms with E-state index in [9.17, 15) is 13.6 Å². The van der Waals surface area contributed by atoms with Gasteiger partial charge in [-0.1, -0.05) is 6.07 Å². The van der Waals surface area contributed by atoms with Gasteiger partial charge in [-0.15, -0.1) is 11.6 Å². The second-order valence-electron chi connectivity index (χ2n) is 2.85. The Morgan fingerprint density at radius 3 is 2.64 bits per heavy atom. The third-order valence-electron chi connectivity index (χ3n) is 1.70. The smallest absolute Gasteiger partial charge is 0.291 e. The summed E-state index contributed by atoms with van der Waals surface area (Å²) in [6, 6.07) is 2.59. The van der Waals surface area contributed by atoms with Gasteiger partial charge in [-0.25, -0.2) is 0 Å². The van der Waals surface area contributed by atoms with Crippen LogP contribution in [0.2, 0.25) is 0 Å². The summed E-state index contributed by atoms with van der Waals surface area (Å²) in [5.74, 6) is -5.65. The van der Waals surface area contributed by atoms with Gasteiger partial charge < -0.3 is 0 Å². The lowest BCUT2D eigenvalue weighted by atomic mass is 10.1.